The molecule has 4 aromatic carbocycles. The van der Waals surface area contributed by atoms with E-state index in [4.69, 9.17) is 13.9 Å². The quantitative estimate of drug-likeness (QED) is 0.155. The molecule has 0 atom stereocenters. The van der Waals surface area contributed by atoms with E-state index in [9.17, 15) is 14.7 Å². The molecule has 1 aromatic heterocycles. The minimum absolute atomic E-state index is 0.196. The fourth-order valence-corrected chi connectivity index (χ4v) is 4.53. The number of carboxylic acid groups (broad SMARTS) is 1. The van der Waals surface area contributed by atoms with E-state index < -0.39 is 12.1 Å². The summed E-state index contributed by atoms with van der Waals surface area (Å²) in [5.41, 5.74) is 2.42. The van der Waals surface area contributed by atoms with Crippen molar-refractivity contribution in [1.29, 1.82) is 0 Å². The van der Waals surface area contributed by atoms with Gasteiger partial charge in [0, 0.05) is 16.3 Å². The van der Waals surface area contributed by atoms with Crippen LogP contribution in [-0.2, 0) is 5.41 Å². The Balaban J connectivity index is 1.42. The first-order chi connectivity index (χ1) is 20.1. The van der Waals surface area contributed by atoms with Crippen molar-refractivity contribution in [2.75, 3.05) is 23.1 Å². The molecule has 10 nitrogen and oxygen atoms in total. The van der Waals surface area contributed by atoms with Crippen LogP contribution in [0.25, 0.3) is 22.1 Å². The Morgan fingerprint density at radius 1 is 0.857 bits per heavy atom. The van der Waals surface area contributed by atoms with Gasteiger partial charge in [-0.2, -0.15) is 0 Å². The lowest BCUT2D eigenvalue weighted by atomic mass is 9.86. The van der Waals surface area contributed by atoms with Crippen molar-refractivity contribution in [1.82, 2.24) is 4.98 Å². The zero-order chi connectivity index (χ0) is 29.9. The standard InChI is InChI=1S/C32H30N4O6/c1-32(2,3)20-15-25(29(40-4)26(16-20)36-31(38)39)35-30(37)34-24-12-13-27(23-11-6-5-10-22(23)24)42-21-9-7-8-19(14-21)28-17-33-18-41-28/h5-18,36H,1-4H3,(H,38,39)(H2,34,35,37). The number of nitrogens with one attached hydrogen (secondary N) is 3. The third-order valence-electron chi connectivity index (χ3n) is 6.56. The molecule has 0 spiro atoms. The number of methoxy groups -OCH3 is 1. The summed E-state index contributed by atoms with van der Waals surface area (Å²) in [5, 5.41) is 19.0. The largest absolute Gasteiger partial charge is 0.492 e. The number of hydrogen-bond donors (Lipinski definition) is 4. The highest BCUT2D eigenvalue weighted by molar-refractivity contribution is 6.08. The Labute approximate surface area is 242 Å². The number of hydrogen-bond acceptors (Lipinski definition) is 6. The molecule has 0 aliphatic rings. The number of urea groups is 1. The number of ether oxygens (including phenoxy) is 2. The molecule has 0 radical (unpaired) electrons. The van der Waals surface area contributed by atoms with Gasteiger partial charge in [0.25, 0.3) is 0 Å². The maximum Gasteiger partial charge on any atom is 0.409 e. The first-order valence-electron chi connectivity index (χ1n) is 13.1. The van der Waals surface area contributed by atoms with Crippen molar-refractivity contribution < 1.29 is 28.6 Å². The van der Waals surface area contributed by atoms with Gasteiger partial charge in [-0.15, -0.1) is 0 Å². The highest BCUT2D eigenvalue weighted by Gasteiger charge is 2.22. The molecule has 3 amide bonds. The summed E-state index contributed by atoms with van der Waals surface area (Å²) in [6.07, 6.45) is 1.77. The van der Waals surface area contributed by atoms with Gasteiger partial charge in [0.2, 0.25) is 0 Å². The molecule has 5 rings (SSSR count). The molecule has 5 aromatic rings. The van der Waals surface area contributed by atoms with Crippen LogP contribution in [0.1, 0.15) is 26.3 Å². The van der Waals surface area contributed by atoms with Gasteiger partial charge in [0.05, 0.1) is 30.4 Å². The van der Waals surface area contributed by atoms with Crippen molar-refractivity contribution in [3.05, 3.63) is 91.0 Å². The van der Waals surface area contributed by atoms with Crippen LogP contribution in [-0.4, -0.2) is 29.3 Å². The Morgan fingerprint density at radius 3 is 2.24 bits per heavy atom. The van der Waals surface area contributed by atoms with Crippen LogP contribution in [0.2, 0.25) is 0 Å². The molecule has 0 aliphatic heterocycles. The summed E-state index contributed by atoms with van der Waals surface area (Å²) in [4.78, 5) is 28.7. The number of anilines is 3. The van der Waals surface area contributed by atoms with E-state index in [1.165, 1.54) is 13.5 Å². The summed E-state index contributed by atoms with van der Waals surface area (Å²) in [7, 11) is 1.41. The van der Waals surface area contributed by atoms with Crippen LogP contribution in [0.15, 0.2) is 89.8 Å². The van der Waals surface area contributed by atoms with Crippen LogP contribution in [0.4, 0.5) is 26.7 Å². The summed E-state index contributed by atoms with van der Waals surface area (Å²) in [5.74, 6) is 2.05. The second-order valence-electron chi connectivity index (χ2n) is 10.5. The molecular weight excluding hydrogens is 536 g/mol. The lowest BCUT2D eigenvalue weighted by molar-refractivity contribution is 0.209. The van der Waals surface area contributed by atoms with Gasteiger partial charge in [-0.25, -0.2) is 14.6 Å². The molecule has 0 saturated carbocycles. The second kappa shape index (κ2) is 11.5. The summed E-state index contributed by atoms with van der Waals surface area (Å²) < 4.78 is 17.1. The number of oxazole rings is 1. The minimum Gasteiger partial charge on any atom is -0.492 e. The van der Waals surface area contributed by atoms with Crippen molar-refractivity contribution in [3.63, 3.8) is 0 Å². The Morgan fingerprint density at radius 2 is 1.57 bits per heavy atom. The number of nitrogens with zero attached hydrogens (tertiary/aromatic N) is 1. The van der Waals surface area contributed by atoms with Crippen molar-refractivity contribution in [3.8, 4) is 28.6 Å². The number of fused-ring (bicyclic) bond motifs is 1. The van der Waals surface area contributed by atoms with Gasteiger partial charge in [0.15, 0.2) is 17.9 Å². The number of carbonyl (C=O) groups excluding carboxylic acids is 1. The van der Waals surface area contributed by atoms with Crippen LogP contribution < -0.4 is 25.4 Å². The predicted octanol–water partition coefficient (Wildman–Crippen LogP) is 8.33. The average molecular weight is 567 g/mol. The van der Waals surface area contributed by atoms with Crippen molar-refractivity contribution in [2.24, 2.45) is 0 Å². The SMILES string of the molecule is COc1c(NC(=O)O)cc(C(C)(C)C)cc1NC(=O)Nc1ccc(Oc2cccc(-c3cnco3)c2)c2ccccc12. The van der Waals surface area contributed by atoms with Crippen LogP contribution in [0.3, 0.4) is 0 Å². The molecular formula is C32H30N4O6. The zero-order valence-electron chi connectivity index (χ0n) is 23.5. The normalized spacial score (nSPS) is 11.1. The minimum atomic E-state index is -1.24. The summed E-state index contributed by atoms with van der Waals surface area (Å²) in [6, 6.07) is 21.5. The number of aromatic nitrogens is 1. The molecule has 0 aliphatic carbocycles. The predicted molar refractivity (Wildman–Crippen MR) is 162 cm³/mol. The topological polar surface area (TPSA) is 135 Å². The highest BCUT2D eigenvalue weighted by atomic mass is 16.5. The zero-order valence-corrected chi connectivity index (χ0v) is 23.5. The monoisotopic (exact) mass is 566 g/mol. The summed E-state index contributed by atoms with van der Waals surface area (Å²) in [6.45, 7) is 5.97. The number of rotatable bonds is 7. The average Bonchev–Trinajstić information content (AvgIpc) is 3.49. The molecule has 4 N–H and O–H groups in total. The lowest BCUT2D eigenvalue weighted by Crippen LogP contribution is -2.22. The molecule has 42 heavy (non-hydrogen) atoms. The van der Waals surface area contributed by atoms with Crippen molar-refractivity contribution in [2.45, 2.75) is 26.2 Å². The van der Waals surface area contributed by atoms with Crippen LogP contribution >= 0.6 is 0 Å². The molecule has 0 fully saturated rings. The van der Waals surface area contributed by atoms with Gasteiger partial charge in [-0.1, -0.05) is 57.2 Å². The van der Waals surface area contributed by atoms with E-state index in [0.717, 1.165) is 21.9 Å². The van der Waals surface area contributed by atoms with E-state index in [0.29, 0.717) is 28.6 Å². The second-order valence-corrected chi connectivity index (χ2v) is 10.5. The van der Waals surface area contributed by atoms with Gasteiger partial charge < -0.3 is 29.6 Å². The molecule has 0 unspecified atom stereocenters. The lowest BCUT2D eigenvalue weighted by Gasteiger charge is -2.23. The van der Waals surface area contributed by atoms with Gasteiger partial charge in [0.1, 0.15) is 11.5 Å². The smallest absolute Gasteiger partial charge is 0.409 e. The number of benzene rings is 4. The van der Waals surface area contributed by atoms with Gasteiger partial charge in [-0.3, -0.25) is 5.32 Å². The molecule has 214 valence electrons. The molecule has 1 heterocycles. The highest BCUT2D eigenvalue weighted by Crippen LogP contribution is 2.39. The van der Waals surface area contributed by atoms with Crippen molar-refractivity contribution >= 4 is 40.0 Å². The maximum absolute atomic E-state index is 13.3. The van der Waals surface area contributed by atoms with E-state index in [1.54, 1.807) is 30.5 Å². The van der Waals surface area contributed by atoms with Gasteiger partial charge in [-0.05, 0) is 47.4 Å². The fourth-order valence-electron chi connectivity index (χ4n) is 4.53. The fraction of sp³-hybridized carbons (Fsp3) is 0.156. The van der Waals surface area contributed by atoms with Gasteiger partial charge >= 0.3 is 12.1 Å². The van der Waals surface area contributed by atoms with Crippen LogP contribution in [0, 0.1) is 0 Å². The van der Waals surface area contributed by atoms with E-state index in [-0.39, 0.29) is 16.9 Å². The Kier molecular flexibility index (Phi) is 7.70. The van der Waals surface area contributed by atoms with Crippen LogP contribution in [0.5, 0.6) is 17.2 Å². The van der Waals surface area contributed by atoms with E-state index in [1.807, 2.05) is 69.3 Å². The number of amides is 3. The molecule has 0 saturated heterocycles. The first-order valence-corrected chi connectivity index (χ1v) is 13.1. The number of carbonyl (C=O) groups is 2. The molecule has 10 heteroatoms. The summed E-state index contributed by atoms with van der Waals surface area (Å²) >= 11 is 0. The third kappa shape index (κ3) is 6.12. The first kappa shape index (κ1) is 28.0. The molecule has 0 bridgehead atoms. The van der Waals surface area contributed by atoms with E-state index >= 15 is 0 Å². The Hall–Kier alpha value is -5.51. The van der Waals surface area contributed by atoms with E-state index in [2.05, 4.69) is 20.9 Å². The Bertz CT molecular complexity index is 1760. The maximum atomic E-state index is 13.3. The third-order valence-corrected chi connectivity index (χ3v) is 6.56.